The average Bonchev–Trinajstić information content (AvgIpc) is 2.33. The molecule has 0 saturated heterocycles. The van der Waals surface area contributed by atoms with E-state index in [1.165, 1.54) is 5.56 Å². The van der Waals surface area contributed by atoms with Crippen LogP contribution in [0.5, 0.6) is 5.75 Å². The fourth-order valence-electron chi connectivity index (χ4n) is 2.75. The van der Waals surface area contributed by atoms with Gasteiger partial charge in [-0.15, -0.1) is 0 Å². The van der Waals surface area contributed by atoms with Crippen LogP contribution in [0, 0.1) is 5.41 Å². The van der Waals surface area contributed by atoms with Crippen molar-refractivity contribution in [1.29, 1.82) is 0 Å². The van der Waals surface area contributed by atoms with Gasteiger partial charge >= 0.3 is 0 Å². The first kappa shape index (κ1) is 17.0. The van der Waals surface area contributed by atoms with E-state index in [-0.39, 0.29) is 11.5 Å². The maximum Gasteiger partial charge on any atom is 0.119 e. The van der Waals surface area contributed by atoms with Gasteiger partial charge in [-0.1, -0.05) is 53.7 Å². The standard InChI is InChI=1S/C18H31NO/c1-7-15(19)12-20-16-10-8-14(9-11-16)18(5,6)13-17(2,3)4/h8-11,15H,7,12-13,19H2,1-6H3. The molecule has 1 aromatic carbocycles. The second kappa shape index (κ2) is 6.62. The molecule has 0 bridgehead atoms. The van der Waals surface area contributed by atoms with E-state index < -0.39 is 0 Å². The number of rotatable bonds is 6. The SMILES string of the molecule is CCC(N)COc1ccc(C(C)(C)CC(C)(C)C)cc1. The van der Waals surface area contributed by atoms with Crippen molar-refractivity contribution >= 4 is 0 Å². The molecule has 0 aromatic heterocycles. The van der Waals surface area contributed by atoms with Crippen molar-refractivity contribution in [3.63, 3.8) is 0 Å². The normalized spacial score (nSPS) is 14.2. The van der Waals surface area contributed by atoms with Gasteiger partial charge in [-0.25, -0.2) is 0 Å². The maximum atomic E-state index is 5.86. The molecule has 114 valence electrons. The summed E-state index contributed by atoms with van der Waals surface area (Å²) in [5.41, 5.74) is 7.73. The van der Waals surface area contributed by atoms with E-state index in [1.54, 1.807) is 0 Å². The molecule has 1 rings (SSSR count). The third-order valence-corrected chi connectivity index (χ3v) is 3.60. The molecule has 0 aliphatic rings. The predicted molar refractivity (Wildman–Crippen MR) is 87.3 cm³/mol. The van der Waals surface area contributed by atoms with Gasteiger partial charge in [0.25, 0.3) is 0 Å². The van der Waals surface area contributed by atoms with Crippen LogP contribution >= 0.6 is 0 Å². The van der Waals surface area contributed by atoms with E-state index in [0.717, 1.165) is 18.6 Å². The Morgan fingerprint density at radius 1 is 1.05 bits per heavy atom. The molecule has 0 fully saturated rings. The van der Waals surface area contributed by atoms with E-state index in [1.807, 2.05) is 0 Å². The quantitative estimate of drug-likeness (QED) is 0.830. The van der Waals surface area contributed by atoms with Crippen LogP contribution in [0.1, 0.15) is 59.9 Å². The van der Waals surface area contributed by atoms with Crippen LogP contribution < -0.4 is 10.5 Å². The van der Waals surface area contributed by atoms with Crippen LogP contribution in [-0.2, 0) is 5.41 Å². The molecule has 2 heteroatoms. The van der Waals surface area contributed by atoms with Crippen molar-refractivity contribution in [3.05, 3.63) is 29.8 Å². The number of ether oxygens (including phenoxy) is 1. The third-order valence-electron chi connectivity index (χ3n) is 3.60. The molecule has 0 aliphatic heterocycles. The lowest BCUT2D eigenvalue weighted by molar-refractivity contribution is 0.280. The second-order valence-electron chi connectivity index (χ2n) is 7.63. The highest BCUT2D eigenvalue weighted by molar-refractivity contribution is 5.31. The summed E-state index contributed by atoms with van der Waals surface area (Å²) in [6.45, 7) is 14.1. The van der Waals surface area contributed by atoms with E-state index in [2.05, 4.69) is 65.8 Å². The molecule has 0 amide bonds. The summed E-state index contributed by atoms with van der Waals surface area (Å²) in [5, 5.41) is 0. The molecule has 0 saturated carbocycles. The summed E-state index contributed by atoms with van der Waals surface area (Å²) in [7, 11) is 0. The lowest BCUT2D eigenvalue weighted by Crippen LogP contribution is -2.27. The summed E-state index contributed by atoms with van der Waals surface area (Å²) in [6, 6.07) is 8.59. The van der Waals surface area contributed by atoms with Gasteiger partial charge in [0.1, 0.15) is 12.4 Å². The van der Waals surface area contributed by atoms with Crippen molar-refractivity contribution in [1.82, 2.24) is 0 Å². The number of nitrogens with two attached hydrogens (primary N) is 1. The second-order valence-corrected chi connectivity index (χ2v) is 7.63. The number of hydrogen-bond donors (Lipinski definition) is 1. The third kappa shape index (κ3) is 5.54. The van der Waals surface area contributed by atoms with Crippen LogP contribution in [0.15, 0.2) is 24.3 Å². The summed E-state index contributed by atoms with van der Waals surface area (Å²) in [4.78, 5) is 0. The van der Waals surface area contributed by atoms with Crippen molar-refractivity contribution in [2.75, 3.05) is 6.61 Å². The average molecular weight is 277 g/mol. The maximum absolute atomic E-state index is 5.86. The van der Waals surface area contributed by atoms with Crippen LogP contribution in [0.3, 0.4) is 0 Å². The van der Waals surface area contributed by atoms with Gasteiger partial charge in [0.2, 0.25) is 0 Å². The molecule has 20 heavy (non-hydrogen) atoms. The molecular formula is C18H31NO. The van der Waals surface area contributed by atoms with Gasteiger partial charge in [-0.3, -0.25) is 0 Å². The highest BCUT2D eigenvalue weighted by Gasteiger charge is 2.27. The molecule has 2 nitrogen and oxygen atoms in total. The Kier molecular flexibility index (Phi) is 5.64. The zero-order valence-corrected chi connectivity index (χ0v) is 14.0. The number of hydrogen-bond acceptors (Lipinski definition) is 2. The Hall–Kier alpha value is -1.02. The minimum Gasteiger partial charge on any atom is -0.492 e. The summed E-state index contributed by atoms with van der Waals surface area (Å²) in [5.74, 6) is 0.907. The van der Waals surface area contributed by atoms with Crippen molar-refractivity contribution in [2.45, 2.75) is 65.8 Å². The largest absolute Gasteiger partial charge is 0.492 e. The van der Waals surface area contributed by atoms with Gasteiger partial charge in [-0.2, -0.15) is 0 Å². The lowest BCUT2D eigenvalue weighted by Gasteiger charge is -2.33. The first-order chi connectivity index (χ1) is 9.14. The van der Waals surface area contributed by atoms with Crippen molar-refractivity contribution in [3.8, 4) is 5.75 Å². The van der Waals surface area contributed by atoms with E-state index in [0.29, 0.717) is 12.0 Å². The monoisotopic (exact) mass is 277 g/mol. The van der Waals surface area contributed by atoms with Gasteiger partial charge in [-0.05, 0) is 41.4 Å². The molecule has 0 heterocycles. The van der Waals surface area contributed by atoms with Gasteiger partial charge in [0.05, 0.1) is 0 Å². The first-order valence-electron chi connectivity index (χ1n) is 7.63. The minimum absolute atomic E-state index is 0.118. The van der Waals surface area contributed by atoms with Crippen LogP contribution in [-0.4, -0.2) is 12.6 Å². The highest BCUT2D eigenvalue weighted by atomic mass is 16.5. The van der Waals surface area contributed by atoms with Crippen LogP contribution in [0.4, 0.5) is 0 Å². The summed E-state index contributed by atoms with van der Waals surface area (Å²) in [6.07, 6.45) is 2.09. The summed E-state index contributed by atoms with van der Waals surface area (Å²) < 4.78 is 5.70. The lowest BCUT2D eigenvalue weighted by atomic mass is 9.72. The Morgan fingerprint density at radius 3 is 2.05 bits per heavy atom. The topological polar surface area (TPSA) is 35.2 Å². The predicted octanol–water partition coefficient (Wildman–Crippen LogP) is 4.52. The first-order valence-corrected chi connectivity index (χ1v) is 7.63. The van der Waals surface area contributed by atoms with Crippen LogP contribution in [0.25, 0.3) is 0 Å². The van der Waals surface area contributed by atoms with Gasteiger partial charge < -0.3 is 10.5 Å². The molecule has 1 atom stereocenters. The highest BCUT2D eigenvalue weighted by Crippen LogP contribution is 2.36. The fourth-order valence-corrected chi connectivity index (χ4v) is 2.75. The molecule has 0 spiro atoms. The van der Waals surface area contributed by atoms with Crippen molar-refractivity contribution in [2.24, 2.45) is 11.1 Å². The van der Waals surface area contributed by atoms with E-state index >= 15 is 0 Å². The molecule has 1 unspecified atom stereocenters. The van der Waals surface area contributed by atoms with Crippen LogP contribution in [0.2, 0.25) is 0 Å². The molecular weight excluding hydrogens is 246 g/mol. The molecule has 0 radical (unpaired) electrons. The molecule has 2 N–H and O–H groups in total. The Balaban J connectivity index is 2.70. The van der Waals surface area contributed by atoms with E-state index in [9.17, 15) is 0 Å². The summed E-state index contributed by atoms with van der Waals surface area (Å²) >= 11 is 0. The minimum atomic E-state index is 0.118. The Morgan fingerprint density at radius 2 is 1.60 bits per heavy atom. The van der Waals surface area contributed by atoms with Gasteiger partial charge in [0.15, 0.2) is 0 Å². The molecule has 0 aliphatic carbocycles. The Bertz CT molecular complexity index is 400. The van der Waals surface area contributed by atoms with Crippen molar-refractivity contribution < 1.29 is 4.74 Å². The van der Waals surface area contributed by atoms with E-state index in [4.69, 9.17) is 10.5 Å². The fraction of sp³-hybridized carbons (Fsp3) is 0.667. The number of benzene rings is 1. The zero-order chi connectivity index (χ0) is 15.4. The zero-order valence-electron chi connectivity index (χ0n) is 14.0. The van der Waals surface area contributed by atoms with Gasteiger partial charge in [0, 0.05) is 6.04 Å². The molecule has 1 aromatic rings. The Labute approximate surface area is 124 Å². The smallest absolute Gasteiger partial charge is 0.119 e.